The van der Waals surface area contributed by atoms with Crippen LogP contribution in [0.2, 0.25) is 0 Å². The summed E-state index contributed by atoms with van der Waals surface area (Å²) in [4.78, 5) is 12.6. The van der Waals surface area contributed by atoms with Gasteiger partial charge in [-0.1, -0.05) is 40.2 Å². The molecular weight excluding hydrogens is 330 g/mol. The third-order valence-electron chi connectivity index (χ3n) is 3.27. The van der Waals surface area contributed by atoms with E-state index in [-0.39, 0.29) is 5.78 Å². The lowest BCUT2D eigenvalue weighted by atomic mass is 9.91. The van der Waals surface area contributed by atoms with E-state index in [1.165, 1.54) is 0 Å². The van der Waals surface area contributed by atoms with Crippen LogP contribution in [0.3, 0.4) is 0 Å². The topological polar surface area (TPSA) is 50.1 Å². The lowest BCUT2D eigenvalue weighted by Gasteiger charge is -2.11. The van der Waals surface area contributed by atoms with Crippen molar-refractivity contribution in [1.29, 1.82) is 5.26 Å². The second-order valence-corrected chi connectivity index (χ2v) is 5.58. The monoisotopic (exact) mass is 343 g/mol. The van der Waals surface area contributed by atoms with E-state index in [1.54, 1.807) is 31.4 Å². The predicted octanol–water partition coefficient (Wildman–Crippen LogP) is 4.26. The lowest BCUT2D eigenvalue weighted by Crippen LogP contribution is -2.11. The van der Waals surface area contributed by atoms with Gasteiger partial charge in [0.15, 0.2) is 5.78 Å². The van der Waals surface area contributed by atoms with E-state index in [1.807, 2.05) is 25.1 Å². The standard InChI is InChI=1S/C17H14BrNO2/c1-11-6-7-13(9-16(11)21-2)17(20)15(10-19)12-4-3-5-14(18)8-12/h3-9,15H,1-2H3. The summed E-state index contributed by atoms with van der Waals surface area (Å²) < 4.78 is 6.07. The number of nitriles is 1. The molecule has 0 saturated heterocycles. The largest absolute Gasteiger partial charge is 0.496 e. The molecule has 3 nitrogen and oxygen atoms in total. The number of carbonyl (C=O) groups excluding carboxylic acids is 1. The number of halogens is 1. The minimum Gasteiger partial charge on any atom is -0.496 e. The van der Waals surface area contributed by atoms with E-state index >= 15 is 0 Å². The van der Waals surface area contributed by atoms with E-state index in [9.17, 15) is 10.1 Å². The van der Waals surface area contributed by atoms with Crippen LogP contribution in [0, 0.1) is 18.3 Å². The van der Waals surface area contributed by atoms with Crippen LogP contribution in [0.25, 0.3) is 0 Å². The molecule has 2 aromatic rings. The van der Waals surface area contributed by atoms with Crippen molar-refractivity contribution in [2.24, 2.45) is 0 Å². The number of Topliss-reactive ketones (excluding diaryl/α,β-unsaturated/α-hetero) is 1. The molecule has 106 valence electrons. The van der Waals surface area contributed by atoms with Crippen LogP contribution >= 0.6 is 15.9 Å². The summed E-state index contributed by atoms with van der Waals surface area (Å²) in [6.07, 6.45) is 0. The fourth-order valence-electron chi connectivity index (χ4n) is 2.11. The summed E-state index contributed by atoms with van der Waals surface area (Å²) in [5.41, 5.74) is 2.10. The number of ketones is 1. The summed E-state index contributed by atoms with van der Waals surface area (Å²) in [5.74, 6) is -0.407. The fourth-order valence-corrected chi connectivity index (χ4v) is 2.53. The Bertz CT molecular complexity index is 719. The van der Waals surface area contributed by atoms with Crippen molar-refractivity contribution in [3.8, 4) is 11.8 Å². The summed E-state index contributed by atoms with van der Waals surface area (Å²) in [5, 5.41) is 9.37. The van der Waals surface area contributed by atoms with Crippen LogP contribution in [-0.4, -0.2) is 12.9 Å². The lowest BCUT2D eigenvalue weighted by molar-refractivity contribution is 0.0978. The molecule has 0 aliphatic heterocycles. The Kier molecular flexibility index (Phi) is 4.77. The van der Waals surface area contributed by atoms with Crippen molar-refractivity contribution < 1.29 is 9.53 Å². The van der Waals surface area contributed by atoms with Crippen LogP contribution in [-0.2, 0) is 0 Å². The minimum atomic E-state index is -0.824. The molecule has 0 radical (unpaired) electrons. The highest BCUT2D eigenvalue weighted by atomic mass is 79.9. The number of benzene rings is 2. The third-order valence-corrected chi connectivity index (χ3v) is 3.76. The van der Waals surface area contributed by atoms with Crippen molar-refractivity contribution in [3.05, 3.63) is 63.6 Å². The van der Waals surface area contributed by atoms with E-state index < -0.39 is 5.92 Å². The maximum Gasteiger partial charge on any atom is 0.184 e. The highest BCUT2D eigenvalue weighted by Gasteiger charge is 2.22. The number of hydrogen-bond acceptors (Lipinski definition) is 3. The highest BCUT2D eigenvalue weighted by molar-refractivity contribution is 9.10. The Morgan fingerprint density at radius 1 is 1.29 bits per heavy atom. The summed E-state index contributed by atoms with van der Waals surface area (Å²) in [6.45, 7) is 1.91. The smallest absolute Gasteiger partial charge is 0.184 e. The average Bonchev–Trinajstić information content (AvgIpc) is 2.48. The van der Waals surface area contributed by atoms with Crippen molar-refractivity contribution in [3.63, 3.8) is 0 Å². The molecule has 0 N–H and O–H groups in total. The van der Waals surface area contributed by atoms with Gasteiger partial charge in [-0.25, -0.2) is 0 Å². The Balaban J connectivity index is 2.40. The molecule has 0 fully saturated rings. The zero-order chi connectivity index (χ0) is 15.4. The maximum atomic E-state index is 12.6. The summed E-state index contributed by atoms with van der Waals surface area (Å²) in [7, 11) is 1.56. The van der Waals surface area contributed by atoms with Gasteiger partial charge >= 0.3 is 0 Å². The number of ether oxygens (including phenoxy) is 1. The molecule has 0 aromatic heterocycles. The van der Waals surface area contributed by atoms with Crippen molar-refractivity contribution >= 4 is 21.7 Å². The molecule has 21 heavy (non-hydrogen) atoms. The highest BCUT2D eigenvalue weighted by Crippen LogP contribution is 2.26. The van der Waals surface area contributed by atoms with E-state index in [2.05, 4.69) is 22.0 Å². The summed E-state index contributed by atoms with van der Waals surface area (Å²) >= 11 is 3.36. The first kappa shape index (κ1) is 15.3. The zero-order valence-corrected chi connectivity index (χ0v) is 13.3. The second kappa shape index (κ2) is 6.55. The number of hydrogen-bond donors (Lipinski definition) is 0. The Morgan fingerprint density at radius 3 is 2.67 bits per heavy atom. The van der Waals surface area contributed by atoms with Crippen LogP contribution in [0.15, 0.2) is 46.9 Å². The van der Waals surface area contributed by atoms with Crippen LogP contribution in [0.4, 0.5) is 0 Å². The van der Waals surface area contributed by atoms with Gasteiger partial charge in [-0.15, -0.1) is 0 Å². The molecule has 4 heteroatoms. The van der Waals surface area contributed by atoms with Gasteiger partial charge < -0.3 is 4.74 Å². The molecule has 1 unspecified atom stereocenters. The molecule has 0 spiro atoms. The molecule has 0 heterocycles. The Labute approximate surface area is 132 Å². The van der Waals surface area contributed by atoms with Gasteiger partial charge in [-0.05, 0) is 36.2 Å². The van der Waals surface area contributed by atoms with Crippen molar-refractivity contribution in [2.45, 2.75) is 12.8 Å². The number of carbonyl (C=O) groups is 1. The number of rotatable bonds is 4. The van der Waals surface area contributed by atoms with Crippen LogP contribution in [0.1, 0.15) is 27.4 Å². The first-order valence-corrected chi connectivity index (χ1v) is 7.20. The molecule has 0 aliphatic carbocycles. The van der Waals surface area contributed by atoms with Crippen LogP contribution in [0.5, 0.6) is 5.75 Å². The van der Waals surface area contributed by atoms with Gasteiger partial charge in [0, 0.05) is 10.0 Å². The Hall–Kier alpha value is -2.12. The first-order chi connectivity index (χ1) is 10.1. The first-order valence-electron chi connectivity index (χ1n) is 6.40. The minimum absolute atomic E-state index is 0.228. The van der Waals surface area contributed by atoms with Gasteiger partial charge in [0.25, 0.3) is 0 Å². The molecular formula is C17H14BrNO2. The van der Waals surface area contributed by atoms with E-state index in [0.717, 1.165) is 10.0 Å². The van der Waals surface area contributed by atoms with E-state index in [4.69, 9.17) is 4.74 Å². The quantitative estimate of drug-likeness (QED) is 0.779. The van der Waals surface area contributed by atoms with Crippen LogP contribution < -0.4 is 4.74 Å². The predicted molar refractivity (Wildman–Crippen MR) is 84.6 cm³/mol. The molecule has 2 rings (SSSR count). The third kappa shape index (κ3) is 3.32. The summed E-state index contributed by atoms with van der Waals surface area (Å²) in [6, 6.07) is 14.6. The van der Waals surface area contributed by atoms with E-state index in [0.29, 0.717) is 16.9 Å². The van der Waals surface area contributed by atoms with Gasteiger partial charge in [0.2, 0.25) is 0 Å². The number of methoxy groups -OCH3 is 1. The maximum absolute atomic E-state index is 12.6. The number of nitrogens with zero attached hydrogens (tertiary/aromatic N) is 1. The van der Waals surface area contributed by atoms with Crippen molar-refractivity contribution in [2.75, 3.05) is 7.11 Å². The normalized spacial score (nSPS) is 11.5. The van der Waals surface area contributed by atoms with Gasteiger partial charge in [0.1, 0.15) is 11.7 Å². The molecule has 1 atom stereocenters. The second-order valence-electron chi connectivity index (χ2n) is 4.67. The zero-order valence-electron chi connectivity index (χ0n) is 11.8. The SMILES string of the molecule is COc1cc(C(=O)C(C#N)c2cccc(Br)c2)ccc1C. The molecule has 0 saturated carbocycles. The van der Waals surface area contributed by atoms with Gasteiger partial charge in [-0.2, -0.15) is 5.26 Å². The van der Waals surface area contributed by atoms with Crippen molar-refractivity contribution in [1.82, 2.24) is 0 Å². The fraction of sp³-hybridized carbons (Fsp3) is 0.176. The molecule has 0 aliphatic rings. The van der Waals surface area contributed by atoms with Gasteiger partial charge in [0.05, 0.1) is 13.2 Å². The molecule has 0 bridgehead atoms. The molecule has 0 amide bonds. The average molecular weight is 344 g/mol. The number of aryl methyl sites for hydroxylation is 1. The Morgan fingerprint density at radius 2 is 2.05 bits per heavy atom. The molecule has 2 aromatic carbocycles. The van der Waals surface area contributed by atoms with Gasteiger partial charge in [-0.3, -0.25) is 4.79 Å².